The molecule has 1 aromatic rings. The van der Waals surface area contributed by atoms with Crippen LogP contribution in [0.15, 0.2) is 29.2 Å². The summed E-state index contributed by atoms with van der Waals surface area (Å²) in [4.78, 5) is 0.104. The van der Waals surface area contributed by atoms with Crippen molar-refractivity contribution in [3.05, 3.63) is 29.3 Å². The molecule has 2 rings (SSSR count). The Hall–Kier alpha value is -0.660. The van der Waals surface area contributed by atoms with E-state index in [1.807, 2.05) is 0 Å². The molecule has 1 unspecified atom stereocenters. The monoisotopic (exact) mass is 304 g/mol. The highest BCUT2D eigenvalue weighted by Crippen LogP contribution is 2.18. The third kappa shape index (κ3) is 3.90. The van der Waals surface area contributed by atoms with Gasteiger partial charge in [-0.25, -0.2) is 13.1 Å². The molecular weight excluding hydrogens is 288 g/mol. The first-order chi connectivity index (χ1) is 8.91. The molecule has 0 bridgehead atoms. The molecule has 0 radical (unpaired) electrons. The highest BCUT2D eigenvalue weighted by Gasteiger charge is 2.30. The predicted octanol–water partition coefficient (Wildman–Crippen LogP) is 0.733. The molecule has 0 spiro atoms. The fourth-order valence-electron chi connectivity index (χ4n) is 2.05. The fraction of sp³-hybridized carbons (Fsp3) is 0.500. The Kier molecular flexibility index (Phi) is 4.47. The topological polar surface area (TPSA) is 78.4 Å². The molecule has 7 heteroatoms. The Bertz CT molecular complexity index is 542. The van der Waals surface area contributed by atoms with E-state index in [-0.39, 0.29) is 11.4 Å². The average Bonchev–Trinajstić information content (AvgIpc) is 2.38. The van der Waals surface area contributed by atoms with Crippen LogP contribution in [-0.4, -0.2) is 38.8 Å². The van der Waals surface area contributed by atoms with Crippen molar-refractivity contribution in [3.8, 4) is 0 Å². The molecule has 1 aliphatic heterocycles. The predicted molar refractivity (Wildman–Crippen MR) is 73.7 cm³/mol. The van der Waals surface area contributed by atoms with Crippen LogP contribution in [-0.2, 0) is 10.0 Å². The zero-order valence-electron chi connectivity index (χ0n) is 10.4. The molecule has 106 valence electrons. The number of hydrogen-bond acceptors (Lipinski definition) is 4. The minimum Gasteiger partial charge on any atom is -0.387 e. The lowest BCUT2D eigenvalue weighted by atomic mass is 9.95. The van der Waals surface area contributed by atoms with Gasteiger partial charge >= 0.3 is 0 Å². The van der Waals surface area contributed by atoms with Crippen molar-refractivity contribution in [1.29, 1.82) is 0 Å². The minimum atomic E-state index is -3.64. The van der Waals surface area contributed by atoms with Crippen LogP contribution in [0.1, 0.15) is 12.8 Å². The molecule has 0 saturated carbocycles. The van der Waals surface area contributed by atoms with Crippen LogP contribution in [0.25, 0.3) is 0 Å². The third-order valence-corrected chi connectivity index (χ3v) is 4.78. The third-order valence-electron chi connectivity index (χ3n) is 3.15. The maximum atomic E-state index is 12.1. The SMILES string of the molecule is O=S(=O)(NCC1(O)CCCNC1)c1cccc(Cl)c1. The Morgan fingerprint density at radius 1 is 1.47 bits per heavy atom. The van der Waals surface area contributed by atoms with E-state index in [1.54, 1.807) is 12.1 Å². The van der Waals surface area contributed by atoms with Gasteiger partial charge in [-0.2, -0.15) is 0 Å². The lowest BCUT2D eigenvalue weighted by Gasteiger charge is -2.32. The van der Waals surface area contributed by atoms with Crippen LogP contribution in [0.2, 0.25) is 5.02 Å². The minimum absolute atomic E-state index is 0.00511. The van der Waals surface area contributed by atoms with Crippen LogP contribution < -0.4 is 10.0 Å². The molecule has 1 fully saturated rings. The van der Waals surface area contributed by atoms with Gasteiger partial charge in [0.05, 0.1) is 10.5 Å². The number of nitrogens with one attached hydrogen (secondary N) is 2. The summed E-state index contributed by atoms with van der Waals surface area (Å²) in [6, 6.07) is 6.04. The van der Waals surface area contributed by atoms with Crippen LogP contribution in [0, 0.1) is 0 Å². The summed E-state index contributed by atoms with van der Waals surface area (Å²) < 4.78 is 26.6. The van der Waals surface area contributed by atoms with Crippen molar-refractivity contribution in [2.75, 3.05) is 19.6 Å². The Labute approximate surface area is 118 Å². The van der Waals surface area contributed by atoms with Crippen LogP contribution in [0.4, 0.5) is 0 Å². The normalized spacial score (nSPS) is 24.3. The molecule has 19 heavy (non-hydrogen) atoms. The van der Waals surface area contributed by atoms with Gasteiger partial charge < -0.3 is 10.4 Å². The number of hydrogen-bond donors (Lipinski definition) is 3. The van der Waals surface area contributed by atoms with Gasteiger partial charge in [-0.1, -0.05) is 17.7 Å². The summed E-state index contributed by atoms with van der Waals surface area (Å²) in [5.41, 5.74) is -1.02. The number of aliphatic hydroxyl groups is 1. The van der Waals surface area contributed by atoms with Gasteiger partial charge in [0.25, 0.3) is 0 Å². The van der Waals surface area contributed by atoms with Crippen molar-refractivity contribution >= 4 is 21.6 Å². The second-order valence-electron chi connectivity index (χ2n) is 4.79. The molecule has 0 aliphatic carbocycles. The van der Waals surface area contributed by atoms with Crippen LogP contribution >= 0.6 is 11.6 Å². The van der Waals surface area contributed by atoms with E-state index >= 15 is 0 Å². The van der Waals surface area contributed by atoms with E-state index in [0.29, 0.717) is 18.0 Å². The standard InChI is InChI=1S/C12H17ClN2O3S/c13-10-3-1-4-11(7-10)19(17,18)15-9-12(16)5-2-6-14-8-12/h1,3-4,7,14-16H,2,5-6,8-9H2. The lowest BCUT2D eigenvalue weighted by Crippen LogP contribution is -2.52. The van der Waals surface area contributed by atoms with E-state index in [1.165, 1.54) is 12.1 Å². The maximum Gasteiger partial charge on any atom is 0.240 e. The quantitative estimate of drug-likeness (QED) is 0.766. The van der Waals surface area contributed by atoms with Gasteiger partial charge in [0.15, 0.2) is 0 Å². The Balaban J connectivity index is 2.05. The molecule has 5 nitrogen and oxygen atoms in total. The van der Waals surface area contributed by atoms with E-state index < -0.39 is 15.6 Å². The summed E-state index contributed by atoms with van der Waals surface area (Å²) in [5, 5.41) is 13.6. The molecular formula is C12H17ClN2O3S. The summed E-state index contributed by atoms with van der Waals surface area (Å²) in [6.07, 6.45) is 1.41. The molecule has 0 amide bonds. The van der Waals surface area contributed by atoms with E-state index in [9.17, 15) is 13.5 Å². The van der Waals surface area contributed by atoms with Crippen molar-refractivity contribution in [2.45, 2.75) is 23.3 Å². The Morgan fingerprint density at radius 3 is 2.89 bits per heavy atom. The van der Waals surface area contributed by atoms with Crippen molar-refractivity contribution in [2.24, 2.45) is 0 Å². The Morgan fingerprint density at radius 2 is 2.26 bits per heavy atom. The maximum absolute atomic E-state index is 12.1. The second kappa shape index (κ2) is 5.76. The zero-order chi connectivity index (χ0) is 13.9. The molecule has 1 heterocycles. The zero-order valence-corrected chi connectivity index (χ0v) is 12.0. The van der Waals surface area contributed by atoms with Crippen molar-refractivity contribution < 1.29 is 13.5 Å². The molecule has 1 saturated heterocycles. The summed E-state index contributed by atoms with van der Waals surface area (Å²) in [7, 11) is -3.64. The van der Waals surface area contributed by atoms with Gasteiger partial charge in [-0.15, -0.1) is 0 Å². The van der Waals surface area contributed by atoms with Gasteiger partial charge in [-0.05, 0) is 37.6 Å². The molecule has 3 N–H and O–H groups in total. The van der Waals surface area contributed by atoms with Crippen molar-refractivity contribution in [1.82, 2.24) is 10.0 Å². The van der Waals surface area contributed by atoms with E-state index in [4.69, 9.17) is 11.6 Å². The smallest absolute Gasteiger partial charge is 0.240 e. The summed E-state index contributed by atoms with van der Waals surface area (Å²) >= 11 is 5.78. The number of piperidine rings is 1. The highest BCUT2D eigenvalue weighted by atomic mass is 35.5. The number of benzene rings is 1. The van der Waals surface area contributed by atoms with Gasteiger partial charge in [0.2, 0.25) is 10.0 Å². The van der Waals surface area contributed by atoms with Crippen LogP contribution in [0.3, 0.4) is 0 Å². The average molecular weight is 305 g/mol. The van der Waals surface area contributed by atoms with Crippen molar-refractivity contribution in [3.63, 3.8) is 0 Å². The largest absolute Gasteiger partial charge is 0.387 e. The molecule has 1 aromatic carbocycles. The van der Waals surface area contributed by atoms with Crippen LogP contribution in [0.5, 0.6) is 0 Å². The number of rotatable bonds is 4. The van der Waals surface area contributed by atoms with Gasteiger partial charge in [0, 0.05) is 18.1 Å². The summed E-state index contributed by atoms with van der Waals surface area (Å²) in [6.45, 7) is 1.24. The first-order valence-electron chi connectivity index (χ1n) is 6.10. The van der Waals surface area contributed by atoms with E-state index in [0.717, 1.165) is 13.0 Å². The van der Waals surface area contributed by atoms with E-state index in [2.05, 4.69) is 10.0 Å². The number of halogens is 1. The fourth-order valence-corrected chi connectivity index (χ4v) is 3.47. The van der Waals surface area contributed by atoms with Gasteiger partial charge in [-0.3, -0.25) is 0 Å². The molecule has 0 aromatic heterocycles. The summed E-state index contributed by atoms with van der Waals surface area (Å²) in [5.74, 6) is 0. The molecule has 1 aliphatic rings. The first-order valence-corrected chi connectivity index (χ1v) is 7.96. The molecule has 1 atom stereocenters. The lowest BCUT2D eigenvalue weighted by molar-refractivity contribution is 0.0218. The second-order valence-corrected chi connectivity index (χ2v) is 6.99. The number of β-amino-alcohol motifs (C(OH)–C–C–N with tert-alkyl or cyclic N) is 1. The first kappa shape index (κ1) is 14.7. The number of sulfonamides is 1. The van der Waals surface area contributed by atoms with Gasteiger partial charge in [0.1, 0.15) is 0 Å². The highest BCUT2D eigenvalue weighted by molar-refractivity contribution is 7.89.